The maximum atomic E-state index is 9.57. The number of methoxy groups -OCH3 is 1. The molecule has 0 spiro atoms. The topological polar surface area (TPSA) is 51.6 Å². The highest BCUT2D eigenvalue weighted by atomic mass is 16.5. The average molecular weight is 209 g/mol. The van der Waals surface area contributed by atoms with Crippen molar-refractivity contribution in [2.75, 3.05) is 13.7 Å². The maximum Gasteiger partial charge on any atom is 0.142 e. The highest BCUT2D eigenvalue weighted by Gasteiger charge is 2.24. The Morgan fingerprint density at radius 3 is 3.20 bits per heavy atom. The highest BCUT2D eigenvalue weighted by molar-refractivity contribution is 5.32. The van der Waals surface area contributed by atoms with Crippen LogP contribution < -0.4 is 4.74 Å². The normalized spacial score (nSPS) is 26.3. The molecule has 0 saturated carbocycles. The Hall–Kier alpha value is -1.13. The van der Waals surface area contributed by atoms with Crippen molar-refractivity contribution in [1.82, 2.24) is 4.98 Å². The summed E-state index contributed by atoms with van der Waals surface area (Å²) in [5.41, 5.74) is 0.964. The summed E-state index contributed by atoms with van der Waals surface area (Å²) in [5.74, 6) is 0.719. The van der Waals surface area contributed by atoms with Gasteiger partial charge in [-0.25, -0.2) is 0 Å². The highest BCUT2D eigenvalue weighted by Crippen LogP contribution is 2.33. The van der Waals surface area contributed by atoms with Crippen molar-refractivity contribution < 1.29 is 14.6 Å². The predicted molar refractivity (Wildman–Crippen MR) is 54.7 cm³/mol. The number of rotatable bonds is 2. The minimum absolute atomic E-state index is 0.0771. The quantitative estimate of drug-likeness (QED) is 0.797. The number of hydrogen-bond donors (Lipinski definition) is 1. The van der Waals surface area contributed by atoms with E-state index in [9.17, 15) is 5.11 Å². The Morgan fingerprint density at radius 1 is 1.60 bits per heavy atom. The molecule has 0 bridgehead atoms. The van der Waals surface area contributed by atoms with E-state index in [2.05, 4.69) is 4.98 Å². The first-order chi connectivity index (χ1) is 7.31. The van der Waals surface area contributed by atoms with Crippen LogP contribution in [0.4, 0.5) is 0 Å². The summed E-state index contributed by atoms with van der Waals surface area (Å²) in [6, 6.07) is 1.88. The van der Waals surface area contributed by atoms with Gasteiger partial charge in [-0.2, -0.15) is 0 Å². The van der Waals surface area contributed by atoms with Crippen LogP contribution >= 0.6 is 0 Å². The van der Waals surface area contributed by atoms with Crippen molar-refractivity contribution in [1.29, 1.82) is 0 Å². The zero-order valence-corrected chi connectivity index (χ0v) is 8.72. The van der Waals surface area contributed by atoms with Gasteiger partial charge in [-0.05, 0) is 12.5 Å². The van der Waals surface area contributed by atoms with Crippen molar-refractivity contribution in [3.63, 3.8) is 0 Å². The number of ether oxygens (including phenoxy) is 2. The first-order valence-electron chi connectivity index (χ1n) is 5.09. The SMILES string of the molecule is COc1cnccc1C1CC(O)CCO1. The van der Waals surface area contributed by atoms with E-state index in [-0.39, 0.29) is 12.2 Å². The number of aliphatic hydroxyl groups is 1. The Balaban J connectivity index is 2.20. The molecular weight excluding hydrogens is 194 g/mol. The molecule has 4 nitrogen and oxygen atoms in total. The zero-order valence-electron chi connectivity index (χ0n) is 8.72. The van der Waals surface area contributed by atoms with E-state index in [1.807, 2.05) is 6.07 Å². The molecule has 1 aromatic rings. The molecule has 0 aliphatic carbocycles. The molecule has 0 aromatic carbocycles. The van der Waals surface area contributed by atoms with Gasteiger partial charge < -0.3 is 14.6 Å². The van der Waals surface area contributed by atoms with Crippen molar-refractivity contribution in [2.24, 2.45) is 0 Å². The minimum atomic E-state index is -0.276. The molecule has 1 aromatic heterocycles. The van der Waals surface area contributed by atoms with Crippen molar-refractivity contribution in [2.45, 2.75) is 25.0 Å². The van der Waals surface area contributed by atoms with E-state index < -0.39 is 0 Å². The summed E-state index contributed by atoms with van der Waals surface area (Å²) < 4.78 is 10.8. The van der Waals surface area contributed by atoms with Gasteiger partial charge in [-0.3, -0.25) is 4.98 Å². The van der Waals surface area contributed by atoms with Crippen LogP contribution in [0, 0.1) is 0 Å². The standard InChI is InChI=1S/C11H15NO3/c1-14-11-7-12-4-2-9(11)10-6-8(13)3-5-15-10/h2,4,7-8,10,13H,3,5-6H2,1H3. The molecule has 1 N–H and O–H groups in total. The lowest BCUT2D eigenvalue weighted by molar-refractivity contribution is -0.0456. The molecule has 2 heterocycles. The first kappa shape index (κ1) is 10.4. The lowest BCUT2D eigenvalue weighted by Gasteiger charge is -2.27. The molecule has 0 amide bonds. The number of hydrogen-bond acceptors (Lipinski definition) is 4. The first-order valence-corrected chi connectivity index (χ1v) is 5.09. The summed E-state index contributed by atoms with van der Waals surface area (Å²) in [5, 5.41) is 9.57. The third-order valence-corrected chi connectivity index (χ3v) is 2.64. The van der Waals surface area contributed by atoms with Gasteiger partial charge in [-0.1, -0.05) is 0 Å². The lowest BCUT2D eigenvalue weighted by Crippen LogP contribution is -2.23. The largest absolute Gasteiger partial charge is 0.495 e. The Kier molecular flexibility index (Phi) is 3.18. The number of nitrogens with zero attached hydrogens (tertiary/aromatic N) is 1. The predicted octanol–water partition coefficient (Wildman–Crippen LogP) is 1.30. The molecule has 4 heteroatoms. The molecule has 1 fully saturated rings. The molecule has 2 atom stereocenters. The van der Waals surface area contributed by atoms with Gasteiger partial charge in [0.1, 0.15) is 5.75 Å². The second-order valence-electron chi connectivity index (χ2n) is 3.66. The minimum Gasteiger partial charge on any atom is -0.495 e. The fourth-order valence-corrected chi connectivity index (χ4v) is 1.82. The monoisotopic (exact) mass is 209 g/mol. The summed E-state index contributed by atoms with van der Waals surface area (Å²) >= 11 is 0. The molecule has 0 radical (unpaired) electrons. The summed E-state index contributed by atoms with van der Waals surface area (Å²) in [4.78, 5) is 3.99. The van der Waals surface area contributed by atoms with E-state index >= 15 is 0 Å². The van der Waals surface area contributed by atoms with Crippen molar-refractivity contribution in [3.05, 3.63) is 24.0 Å². The molecule has 15 heavy (non-hydrogen) atoms. The van der Waals surface area contributed by atoms with Crippen LogP contribution in [-0.4, -0.2) is 29.9 Å². The van der Waals surface area contributed by atoms with Crippen LogP contribution in [0.3, 0.4) is 0 Å². The molecule has 1 saturated heterocycles. The van der Waals surface area contributed by atoms with Gasteiger partial charge in [0.05, 0.1) is 25.5 Å². The van der Waals surface area contributed by atoms with Gasteiger partial charge in [0, 0.05) is 24.8 Å². The number of aliphatic hydroxyl groups excluding tert-OH is 1. The van der Waals surface area contributed by atoms with E-state index in [0.29, 0.717) is 19.4 Å². The van der Waals surface area contributed by atoms with Crippen LogP contribution in [0.2, 0.25) is 0 Å². The van der Waals surface area contributed by atoms with Gasteiger partial charge in [0.25, 0.3) is 0 Å². The third kappa shape index (κ3) is 2.27. The van der Waals surface area contributed by atoms with E-state index in [0.717, 1.165) is 11.3 Å². The van der Waals surface area contributed by atoms with Gasteiger partial charge in [-0.15, -0.1) is 0 Å². The molecule has 1 aliphatic heterocycles. The Bertz CT molecular complexity index is 329. The molecule has 82 valence electrons. The molecule has 1 aliphatic rings. The van der Waals surface area contributed by atoms with Gasteiger partial charge in [0.15, 0.2) is 0 Å². The fourth-order valence-electron chi connectivity index (χ4n) is 1.82. The van der Waals surface area contributed by atoms with E-state index in [1.54, 1.807) is 19.5 Å². The fraction of sp³-hybridized carbons (Fsp3) is 0.545. The van der Waals surface area contributed by atoms with Gasteiger partial charge in [0.2, 0.25) is 0 Å². The Labute approximate surface area is 88.9 Å². The van der Waals surface area contributed by atoms with Crippen LogP contribution in [-0.2, 0) is 4.74 Å². The average Bonchev–Trinajstić information content (AvgIpc) is 2.29. The zero-order chi connectivity index (χ0) is 10.7. The van der Waals surface area contributed by atoms with Crippen molar-refractivity contribution >= 4 is 0 Å². The second-order valence-corrected chi connectivity index (χ2v) is 3.66. The second kappa shape index (κ2) is 4.59. The molecular formula is C11H15NO3. The lowest BCUT2D eigenvalue weighted by atomic mass is 10.00. The third-order valence-electron chi connectivity index (χ3n) is 2.64. The van der Waals surface area contributed by atoms with E-state index in [1.165, 1.54) is 0 Å². The Morgan fingerprint density at radius 2 is 2.47 bits per heavy atom. The van der Waals surface area contributed by atoms with Crippen molar-refractivity contribution in [3.8, 4) is 5.75 Å². The van der Waals surface area contributed by atoms with Crippen LogP contribution in [0.1, 0.15) is 24.5 Å². The maximum absolute atomic E-state index is 9.57. The van der Waals surface area contributed by atoms with Crippen LogP contribution in [0.5, 0.6) is 5.75 Å². The molecule has 2 rings (SSSR count). The van der Waals surface area contributed by atoms with Gasteiger partial charge >= 0.3 is 0 Å². The summed E-state index contributed by atoms with van der Waals surface area (Å²) in [7, 11) is 1.61. The molecule has 2 unspecified atom stereocenters. The number of pyridine rings is 1. The summed E-state index contributed by atoms with van der Waals surface area (Å²) in [6.07, 6.45) is 4.36. The van der Waals surface area contributed by atoms with Crippen LogP contribution in [0.15, 0.2) is 18.5 Å². The van der Waals surface area contributed by atoms with E-state index in [4.69, 9.17) is 9.47 Å². The number of aromatic nitrogens is 1. The smallest absolute Gasteiger partial charge is 0.142 e. The summed E-state index contributed by atoms with van der Waals surface area (Å²) in [6.45, 7) is 0.595. The van der Waals surface area contributed by atoms with Crippen LogP contribution in [0.25, 0.3) is 0 Å².